The molecule has 3 nitrogen and oxygen atoms in total. The quantitative estimate of drug-likeness (QED) is 0.547. The second-order valence-corrected chi connectivity index (χ2v) is 4.08. The molecule has 0 aromatic carbocycles. The second kappa shape index (κ2) is 10.3. The van der Waals surface area contributed by atoms with Gasteiger partial charge >= 0.3 is 0 Å². The number of ether oxygens (including phenoxy) is 1. The first kappa shape index (κ1) is 13.2. The third-order valence-electron chi connectivity index (χ3n) is 1.52. The zero-order valence-electron chi connectivity index (χ0n) is 8.58. The number of thioether (sulfide) groups is 1. The van der Waals surface area contributed by atoms with Crippen molar-refractivity contribution in [3.8, 4) is 0 Å². The van der Waals surface area contributed by atoms with Gasteiger partial charge in [-0.2, -0.15) is 11.8 Å². The maximum absolute atomic E-state index is 9.45. The summed E-state index contributed by atoms with van der Waals surface area (Å²) in [7, 11) is 1.68. The lowest BCUT2D eigenvalue weighted by Crippen LogP contribution is -2.30. The van der Waals surface area contributed by atoms with Gasteiger partial charge in [-0.1, -0.05) is 6.92 Å². The SMILES string of the molecule is CCCSCC(O)CNCCOC. The number of aliphatic hydroxyl groups excluding tert-OH is 1. The smallest absolute Gasteiger partial charge is 0.0754 e. The molecule has 0 aliphatic rings. The molecule has 0 aliphatic heterocycles. The van der Waals surface area contributed by atoms with E-state index in [-0.39, 0.29) is 6.10 Å². The molecular formula is C9H21NO2S. The Morgan fingerprint density at radius 2 is 2.31 bits per heavy atom. The van der Waals surface area contributed by atoms with Gasteiger partial charge in [-0.05, 0) is 12.2 Å². The number of methoxy groups -OCH3 is 1. The van der Waals surface area contributed by atoms with Crippen LogP contribution < -0.4 is 5.32 Å². The van der Waals surface area contributed by atoms with E-state index in [4.69, 9.17) is 4.74 Å². The van der Waals surface area contributed by atoms with E-state index >= 15 is 0 Å². The fourth-order valence-corrected chi connectivity index (χ4v) is 1.71. The fourth-order valence-electron chi connectivity index (χ4n) is 0.866. The van der Waals surface area contributed by atoms with E-state index in [2.05, 4.69) is 12.2 Å². The van der Waals surface area contributed by atoms with Crippen molar-refractivity contribution in [2.75, 3.05) is 38.3 Å². The molecule has 0 fully saturated rings. The number of aliphatic hydroxyl groups is 1. The van der Waals surface area contributed by atoms with E-state index in [0.717, 1.165) is 18.1 Å². The van der Waals surface area contributed by atoms with Gasteiger partial charge in [0.15, 0.2) is 0 Å². The highest BCUT2D eigenvalue weighted by atomic mass is 32.2. The zero-order valence-corrected chi connectivity index (χ0v) is 9.40. The van der Waals surface area contributed by atoms with Crippen molar-refractivity contribution in [1.82, 2.24) is 5.32 Å². The molecule has 4 heteroatoms. The summed E-state index contributed by atoms with van der Waals surface area (Å²) in [5.74, 6) is 1.96. The Bertz CT molecular complexity index is 104. The Hall–Kier alpha value is 0.230. The molecule has 0 heterocycles. The van der Waals surface area contributed by atoms with Crippen LogP contribution in [0.5, 0.6) is 0 Å². The Morgan fingerprint density at radius 3 is 2.92 bits per heavy atom. The summed E-state index contributed by atoms with van der Waals surface area (Å²) in [5.41, 5.74) is 0. The maximum Gasteiger partial charge on any atom is 0.0754 e. The average molecular weight is 207 g/mol. The molecule has 80 valence electrons. The maximum atomic E-state index is 9.45. The summed E-state index contributed by atoms with van der Waals surface area (Å²) in [5, 5.41) is 12.6. The third kappa shape index (κ3) is 10.1. The standard InChI is InChI=1S/C9H21NO2S/c1-3-6-13-8-9(11)7-10-4-5-12-2/h9-11H,3-8H2,1-2H3. The predicted octanol–water partition coefficient (Wildman–Crippen LogP) is 0.726. The van der Waals surface area contributed by atoms with Crippen LogP contribution in [-0.2, 0) is 4.74 Å². The molecular weight excluding hydrogens is 186 g/mol. The van der Waals surface area contributed by atoms with Gasteiger partial charge in [0.25, 0.3) is 0 Å². The Labute approximate surface area is 85.2 Å². The molecule has 0 radical (unpaired) electrons. The second-order valence-electron chi connectivity index (χ2n) is 2.93. The van der Waals surface area contributed by atoms with Crippen LogP contribution in [0.15, 0.2) is 0 Å². The van der Waals surface area contributed by atoms with E-state index in [1.165, 1.54) is 6.42 Å². The lowest BCUT2D eigenvalue weighted by molar-refractivity contribution is 0.175. The summed E-state index contributed by atoms with van der Waals surface area (Å²) in [6, 6.07) is 0. The molecule has 0 saturated heterocycles. The van der Waals surface area contributed by atoms with Crippen LogP contribution in [-0.4, -0.2) is 49.5 Å². The van der Waals surface area contributed by atoms with Crippen LogP contribution in [0.4, 0.5) is 0 Å². The summed E-state index contributed by atoms with van der Waals surface area (Å²) in [4.78, 5) is 0. The number of nitrogens with one attached hydrogen (secondary N) is 1. The number of hydrogen-bond acceptors (Lipinski definition) is 4. The summed E-state index contributed by atoms with van der Waals surface area (Å²) in [6.45, 7) is 4.33. The van der Waals surface area contributed by atoms with Gasteiger partial charge in [0.05, 0.1) is 12.7 Å². The lowest BCUT2D eigenvalue weighted by Gasteiger charge is -2.10. The molecule has 0 amide bonds. The molecule has 0 bridgehead atoms. The Balaban J connectivity index is 3.05. The van der Waals surface area contributed by atoms with Gasteiger partial charge in [-0.25, -0.2) is 0 Å². The van der Waals surface area contributed by atoms with Crippen molar-refractivity contribution < 1.29 is 9.84 Å². The van der Waals surface area contributed by atoms with Crippen LogP contribution in [0.25, 0.3) is 0 Å². The van der Waals surface area contributed by atoms with Crippen molar-refractivity contribution >= 4 is 11.8 Å². The van der Waals surface area contributed by atoms with Crippen molar-refractivity contribution in [3.05, 3.63) is 0 Å². The van der Waals surface area contributed by atoms with Crippen LogP contribution >= 0.6 is 11.8 Å². The average Bonchev–Trinajstić information content (AvgIpc) is 2.13. The predicted molar refractivity (Wildman–Crippen MR) is 58.4 cm³/mol. The van der Waals surface area contributed by atoms with Crippen molar-refractivity contribution in [2.24, 2.45) is 0 Å². The largest absolute Gasteiger partial charge is 0.391 e. The summed E-state index contributed by atoms with van der Waals surface area (Å²) < 4.78 is 4.87. The lowest BCUT2D eigenvalue weighted by atomic mass is 10.4. The molecule has 1 unspecified atom stereocenters. The minimum atomic E-state index is -0.228. The molecule has 13 heavy (non-hydrogen) atoms. The van der Waals surface area contributed by atoms with E-state index in [0.29, 0.717) is 13.2 Å². The number of hydrogen-bond donors (Lipinski definition) is 2. The van der Waals surface area contributed by atoms with E-state index in [1.807, 2.05) is 0 Å². The molecule has 0 saturated carbocycles. The highest BCUT2D eigenvalue weighted by Gasteiger charge is 2.02. The first-order valence-corrected chi connectivity index (χ1v) is 5.92. The van der Waals surface area contributed by atoms with Gasteiger partial charge in [0.1, 0.15) is 0 Å². The molecule has 0 spiro atoms. The molecule has 2 N–H and O–H groups in total. The van der Waals surface area contributed by atoms with Crippen molar-refractivity contribution in [2.45, 2.75) is 19.4 Å². The van der Waals surface area contributed by atoms with E-state index < -0.39 is 0 Å². The molecule has 0 aromatic rings. The van der Waals surface area contributed by atoms with Crippen LogP contribution in [0.3, 0.4) is 0 Å². The summed E-state index contributed by atoms with van der Waals surface area (Å²) >= 11 is 1.80. The Morgan fingerprint density at radius 1 is 1.54 bits per heavy atom. The first-order chi connectivity index (χ1) is 6.31. The molecule has 0 aliphatic carbocycles. The van der Waals surface area contributed by atoms with Crippen LogP contribution in [0, 0.1) is 0 Å². The van der Waals surface area contributed by atoms with Crippen molar-refractivity contribution in [1.29, 1.82) is 0 Å². The third-order valence-corrected chi connectivity index (χ3v) is 2.84. The highest BCUT2D eigenvalue weighted by molar-refractivity contribution is 7.99. The first-order valence-electron chi connectivity index (χ1n) is 4.76. The van der Waals surface area contributed by atoms with E-state index in [1.54, 1.807) is 18.9 Å². The topological polar surface area (TPSA) is 41.5 Å². The molecule has 0 aromatic heterocycles. The minimum Gasteiger partial charge on any atom is -0.391 e. The van der Waals surface area contributed by atoms with Gasteiger partial charge in [-0.3, -0.25) is 0 Å². The van der Waals surface area contributed by atoms with Crippen LogP contribution in [0.2, 0.25) is 0 Å². The highest BCUT2D eigenvalue weighted by Crippen LogP contribution is 2.03. The Kier molecular flexibility index (Phi) is 10.5. The van der Waals surface area contributed by atoms with E-state index in [9.17, 15) is 5.11 Å². The van der Waals surface area contributed by atoms with Gasteiger partial charge < -0.3 is 15.2 Å². The van der Waals surface area contributed by atoms with Crippen LogP contribution in [0.1, 0.15) is 13.3 Å². The summed E-state index contributed by atoms with van der Waals surface area (Å²) in [6.07, 6.45) is 0.947. The molecule has 0 rings (SSSR count). The normalized spacial score (nSPS) is 13.2. The number of rotatable bonds is 9. The van der Waals surface area contributed by atoms with Gasteiger partial charge in [0.2, 0.25) is 0 Å². The zero-order chi connectivity index (χ0) is 9.94. The van der Waals surface area contributed by atoms with Gasteiger partial charge in [-0.15, -0.1) is 0 Å². The molecule has 1 atom stereocenters. The van der Waals surface area contributed by atoms with Gasteiger partial charge in [0, 0.05) is 26.0 Å². The minimum absolute atomic E-state index is 0.228. The fraction of sp³-hybridized carbons (Fsp3) is 1.00. The monoisotopic (exact) mass is 207 g/mol. The van der Waals surface area contributed by atoms with Crippen molar-refractivity contribution in [3.63, 3.8) is 0 Å².